The van der Waals surface area contributed by atoms with Crippen molar-refractivity contribution in [1.29, 1.82) is 0 Å². The number of nitrogens with zero attached hydrogens (tertiary/aromatic N) is 2. The highest BCUT2D eigenvalue weighted by Crippen LogP contribution is 2.31. The van der Waals surface area contributed by atoms with E-state index in [2.05, 4.69) is 29.2 Å². The fourth-order valence-electron chi connectivity index (χ4n) is 2.81. The number of aliphatic hydroxyl groups excluding tert-OH is 1. The van der Waals surface area contributed by atoms with E-state index in [-0.39, 0.29) is 6.10 Å². The molecule has 4 nitrogen and oxygen atoms in total. The number of aliphatic hydroxyl groups is 1. The van der Waals surface area contributed by atoms with Gasteiger partial charge in [0.25, 0.3) is 0 Å². The van der Waals surface area contributed by atoms with Gasteiger partial charge in [-0.05, 0) is 43.7 Å². The van der Waals surface area contributed by atoms with E-state index in [0.29, 0.717) is 12.3 Å². The summed E-state index contributed by atoms with van der Waals surface area (Å²) < 4.78 is 5.41. The Morgan fingerprint density at radius 1 is 1.20 bits per heavy atom. The lowest BCUT2D eigenvalue weighted by Crippen LogP contribution is -2.17. The van der Waals surface area contributed by atoms with Crippen LogP contribution in [0.15, 0.2) is 28.8 Å². The number of benzene rings is 1. The third-order valence-corrected chi connectivity index (χ3v) is 4.14. The number of aromatic nitrogens is 2. The first-order valence-corrected chi connectivity index (χ1v) is 7.27. The SMILES string of the molecule is Cc1ccccc1Cc1noc(C2CCC(O)CC2)n1. The van der Waals surface area contributed by atoms with Gasteiger partial charge < -0.3 is 9.63 Å². The summed E-state index contributed by atoms with van der Waals surface area (Å²) in [4.78, 5) is 4.54. The average Bonchev–Trinajstić information content (AvgIpc) is 2.91. The quantitative estimate of drug-likeness (QED) is 0.933. The number of hydrogen-bond donors (Lipinski definition) is 1. The van der Waals surface area contributed by atoms with Crippen LogP contribution in [0.5, 0.6) is 0 Å². The van der Waals surface area contributed by atoms with E-state index in [1.807, 2.05) is 12.1 Å². The summed E-state index contributed by atoms with van der Waals surface area (Å²) in [6, 6.07) is 8.26. The Morgan fingerprint density at radius 2 is 1.95 bits per heavy atom. The van der Waals surface area contributed by atoms with Crippen molar-refractivity contribution < 1.29 is 9.63 Å². The average molecular weight is 272 g/mol. The molecule has 0 aliphatic heterocycles. The molecule has 1 saturated carbocycles. The molecule has 0 bridgehead atoms. The third-order valence-electron chi connectivity index (χ3n) is 4.14. The van der Waals surface area contributed by atoms with Gasteiger partial charge in [0, 0.05) is 12.3 Å². The molecule has 20 heavy (non-hydrogen) atoms. The highest BCUT2D eigenvalue weighted by molar-refractivity contribution is 5.28. The summed E-state index contributed by atoms with van der Waals surface area (Å²) in [7, 11) is 0. The summed E-state index contributed by atoms with van der Waals surface area (Å²) in [5.41, 5.74) is 2.48. The first kappa shape index (κ1) is 13.3. The summed E-state index contributed by atoms with van der Waals surface area (Å²) in [5.74, 6) is 1.80. The van der Waals surface area contributed by atoms with E-state index in [4.69, 9.17) is 4.52 Å². The Balaban J connectivity index is 1.69. The van der Waals surface area contributed by atoms with E-state index < -0.39 is 0 Å². The summed E-state index contributed by atoms with van der Waals surface area (Å²) in [6.45, 7) is 2.10. The van der Waals surface area contributed by atoms with Gasteiger partial charge in [0.05, 0.1) is 6.10 Å². The summed E-state index contributed by atoms with van der Waals surface area (Å²) in [6.07, 6.45) is 4.10. The third kappa shape index (κ3) is 2.90. The van der Waals surface area contributed by atoms with E-state index in [0.717, 1.165) is 37.4 Å². The van der Waals surface area contributed by atoms with Gasteiger partial charge in [0.2, 0.25) is 5.89 Å². The fourth-order valence-corrected chi connectivity index (χ4v) is 2.81. The van der Waals surface area contributed by atoms with Crippen molar-refractivity contribution in [2.24, 2.45) is 0 Å². The molecule has 0 saturated heterocycles. The van der Waals surface area contributed by atoms with Crippen LogP contribution in [-0.2, 0) is 6.42 Å². The van der Waals surface area contributed by atoms with Gasteiger partial charge in [-0.2, -0.15) is 4.98 Å². The molecule has 4 heteroatoms. The Kier molecular flexibility index (Phi) is 3.83. The van der Waals surface area contributed by atoms with Crippen LogP contribution < -0.4 is 0 Å². The molecule has 0 amide bonds. The van der Waals surface area contributed by atoms with Crippen molar-refractivity contribution in [1.82, 2.24) is 10.1 Å². The van der Waals surface area contributed by atoms with Crippen LogP contribution in [0.25, 0.3) is 0 Å². The maximum Gasteiger partial charge on any atom is 0.229 e. The Bertz CT molecular complexity index is 571. The minimum Gasteiger partial charge on any atom is -0.393 e. The number of rotatable bonds is 3. The van der Waals surface area contributed by atoms with E-state index >= 15 is 0 Å². The van der Waals surface area contributed by atoms with Crippen molar-refractivity contribution in [2.75, 3.05) is 0 Å². The second-order valence-electron chi connectivity index (χ2n) is 5.66. The van der Waals surface area contributed by atoms with Gasteiger partial charge >= 0.3 is 0 Å². The topological polar surface area (TPSA) is 59.2 Å². The zero-order chi connectivity index (χ0) is 13.9. The van der Waals surface area contributed by atoms with Crippen LogP contribution in [0.4, 0.5) is 0 Å². The normalized spacial score (nSPS) is 22.9. The smallest absolute Gasteiger partial charge is 0.229 e. The molecule has 2 aromatic rings. The molecule has 3 rings (SSSR count). The summed E-state index contributed by atoms with van der Waals surface area (Å²) >= 11 is 0. The Labute approximate surface area is 118 Å². The van der Waals surface area contributed by atoms with Crippen LogP contribution in [0, 0.1) is 6.92 Å². The minimum atomic E-state index is -0.152. The maximum atomic E-state index is 9.54. The van der Waals surface area contributed by atoms with Crippen LogP contribution in [0.2, 0.25) is 0 Å². The maximum absolute atomic E-state index is 9.54. The zero-order valence-electron chi connectivity index (χ0n) is 11.7. The molecule has 1 aliphatic rings. The van der Waals surface area contributed by atoms with Crippen molar-refractivity contribution in [3.63, 3.8) is 0 Å². The van der Waals surface area contributed by atoms with Gasteiger partial charge in [-0.15, -0.1) is 0 Å². The van der Waals surface area contributed by atoms with Crippen molar-refractivity contribution in [2.45, 2.75) is 51.0 Å². The molecule has 1 fully saturated rings. The highest BCUT2D eigenvalue weighted by Gasteiger charge is 2.25. The monoisotopic (exact) mass is 272 g/mol. The highest BCUT2D eigenvalue weighted by atomic mass is 16.5. The lowest BCUT2D eigenvalue weighted by atomic mass is 9.87. The molecule has 106 valence electrons. The van der Waals surface area contributed by atoms with E-state index in [9.17, 15) is 5.11 Å². The van der Waals surface area contributed by atoms with Gasteiger partial charge in [0.1, 0.15) is 0 Å². The van der Waals surface area contributed by atoms with Gasteiger partial charge in [-0.3, -0.25) is 0 Å². The molecule has 0 atom stereocenters. The molecule has 0 spiro atoms. The van der Waals surface area contributed by atoms with Gasteiger partial charge in [0.15, 0.2) is 5.82 Å². The summed E-state index contributed by atoms with van der Waals surface area (Å²) in [5, 5.41) is 13.6. The predicted molar refractivity (Wildman–Crippen MR) is 75.5 cm³/mol. The van der Waals surface area contributed by atoms with Gasteiger partial charge in [-0.25, -0.2) is 0 Å². The molecule has 1 N–H and O–H groups in total. The molecule has 1 aliphatic carbocycles. The van der Waals surface area contributed by atoms with E-state index in [1.165, 1.54) is 11.1 Å². The standard InChI is InChI=1S/C16H20N2O2/c1-11-4-2-3-5-13(11)10-15-17-16(20-18-15)12-6-8-14(19)9-7-12/h2-5,12,14,19H,6-10H2,1H3. The van der Waals surface area contributed by atoms with Crippen molar-refractivity contribution in [3.8, 4) is 0 Å². The van der Waals surface area contributed by atoms with Crippen molar-refractivity contribution >= 4 is 0 Å². The van der Waals surface area contributed by atoms with E-state index in [1.54, 1.807) is 0 Å². The van der Waals surface area contributed by atoms with Crippen molar-refractivity contribution in [3.05, 3.63) is 47.1 Å². The molecule has 1 aromatic heterocycles. The van der Waals surface area contributed by atoms with Crippen LogP contribution in [-0.4, -0.2) is 21.4 Å². The lowest BCUT2D eigenvalue weighted by Gasteiger charge is -2.22. The van der Waals surface area contributed by atoms with Crippen LogP contribution >= 0.6 is 0 Å². The fraction of sp³-hybridized carbons (Fsp3) is 0.500. The minimum absolute atomic E-state index is 0.152. The molecule has 1 heterocycles. The zero-order valence-corrected chi connectivity index (χ0v) is 11.7. The largest absolute Gasteiger partial charge is 0.393 e. The molecule has 1 aromatic carbocycles. The number of hydrogen-bond acceptors (Lipinski definition) is 4. The molecule has 0 unspecified atom stereocenters. The van der Waals surface area contributed by atoms with Crippen LogP contribution in [0.3, 0.4) is 0 Å². The number of aryl methyl sites for hydroxylation is 1. The van der Waals surface area contributed by atoms with Crippen LogP contribution in [0.1, 0.15) is 54.4 Å². The Morgan fingerprint density at radius 3 is 2.70 bits per heavy atom. The van der Waals surface area contributed by atoms with Gasteiger partial charge in [-0.1, -0.05) is 29.4 Å². The second kappa shape index (κ2) is 5.75. The molecular weight excluding hydrogens is 252 g/mol. The first-order valence-electron chi connectivity index (χ1n) is 7.27. The lowest BCUT2D eigenvalue weighted by molar-refractivity contribution is 0.116. The molecular formula is C16H20N2O2. The second-order valence-corrected chi connectivity index (χ2v) is 5.66. The predicted octanol–water partition coefficient (Wildman–Crippen LogP) is 2.99. The Hall–Kier alpha value is -1.68. The first-order chi connectivity index (χ1) is 9.72. The molecule has 0 radical (unpaired) electrons.